The van der Waals surface area contributed by atoms with E-state index < -0.39 is 0 Å². The third-order valence-corrected chi connectivity index (χ3v) is 2.39. The molecule has 0 bridgehead atoms. The van der Waals surface area contributed by atoms with Crippen molar-refractivity contribution in [1.29, 1.82) is 0 Å². The van der Waals surface area contributed by atoms with Crippen LogP contribution in [0.3, 0.4) is 0 Å². The molecule has 16 heavy (non-hydrogen) atoms. The average molecular weight is 222 g/mol. The quantitative estimate of drug-likeness (QED) is 0.560. The number of hydrogen-bond acceptors (Lipinski definition) is 6. The van der Waals surface area contributed by atoms with Crippen LogP contribution in [0.25, 0.3) is 0 Å². The van der Waals surface area contributed by atoms with E-state index in [-0.39, 0.29) is 6.61 Å². The fourth-order valence-corrected chi connectivity index (χ4v) is 1.63. The number of aliphatic hydroxyl groups is 1. The maximum absolute atomic E-state index is 9.32. The van der Waals surface area contributed by atoms with Crippen molar-refractivity contribution in [2.75, 3.05) is 24.2 Å². The molecule has 1 aromatic carbocycles. The lowest BCUT2D eigenvalue weighted by Gasteiger charge is -2.21. The van der Waals surface area contributed by atoms with Crippen molar-refractivity contribution in [3.63, 3.8) is 0 Å². The van der Waals surface area contributed by atoms with Gasteiger partial charge in [0.2, 0.25) is 0 Å². The number of aliphatic imine (C=N–C) groups is 1. The van der Waals surface area contributed by atoms with Crippen LogP contribution in [0.1, 0.15) is 5.56 Å². The second kappa shape index (κ2) is 4.38. The Labute approximate surface area is 93.0 Å². The van der Waals surface area contributed by atoms with Crippen LogP contribution in [0, 0.1) is 0 Å². The lowest BCUT2D eigenvalue weighted by atomic mass is 10.1. The Bertz CT molecular complexity index is 420. The SMILES string of the molecule is Nc1ccc(NCCO)c2c1CN(O)C=N2. The number of aliphatic hydroxyl groups excluding tert-OH is 1. The fraction of sp³-hybridized carbons (Fsp3) is 0.300. The van der Waals surface area contributed by atoms with Gasteiger partial charge in [-0.3, -0.25) is 5.21 Å². The van der Waals surface area contributed by atoms with Gasteiger partial charge in [-0.15, -0.1) is 0 Å². The number of anilines is 2. The Hall–Kier alpha value is -1.79. The third kappa shape index (κ3) is 1.93. The summed E-state index contributed by atoms with van der Waals surface area (Å²) in [4.78, 5) is 4.11. The Balaban J connectivity index is 2.37. The number of hydrogen-bond donors (Lipinski definition) is 4. The maximum atomic E-state index is 9.32. The highest BCUT2D eigenvalue weighted by Gasteiger charge is 2.16. The van der Waals surface area contributed by atoms with E-state index in [1.165, 1.54) is 6.34 Å². The van der Waals surface area contributed by atoms with Gasteiger partial charge in [0, 0.05) is 17.8 Å². The summed E-state index contributed by atoms with van der Waals surface area (Å²) in [6.45, 7) is 0.822. The van der Waals surface area contributed by atoms with Crippen molar-refractivity contribution in [3.05, 3.63) is 17.7 Å². The summed E-state index contributed by atoms with van der Waals surface area (Å²) >= 11 is 0. The highest BCUT2D eigenvalue weighted by Crippen LogP contribution is 2.35. The van der Waals surface area contributed by atoms with E-state index in [1.807, 2.05) is 6.07 Å². The van der Waals surface area contributed by atoms with Gasteiger partial charge in [-0.2, -0.15) is 0 Å². The van der Waals surface area contributed by atoms with Crippen molar-refractivity contribution < 1.29 is 10.3 Å². The molecule has 0 aliphatic carbocycles. The number of hydroxylamine groups is 2. The summed E-state index contributed by atoms with van der Waals surface area (Å²) in [5.41, 5.74) is 8.72. The zero-order chi connectivity index (χ0) is 11.5. The van der Waals surface area contributed by atoms with Gasteiger partial charge < -0.3 is 16.2 Å². The first-order valence-corrected chi connectivity index (χ1v) is 4.98. The average Bonchev–Trinajstić information content (AvgIpc) is 2.29. The summed E-state index contributed by atoms with van der Waals surface area (Å²) in [6, 6.07) is 3.57. The molecule has 0 spiro atoms. The summed E-state index contributed by atoms with van der Waals surface area (Å²) in [5.74, 6) is 0. The molecule has 1 aromatic rings. The maximum Gasteiger partial charge on any atom is 0.116 e. The molecule has 6 nitrogen and oxygen atoms in total. The lowest BCUT2D eigenvalue weighted by molar-refractivity contribution is -0.0176. The smallest absolute Gasteiger partial charge is 0.116 e. The van der Waals surface area contributed by atoms with Crippen molar-refractivity contribution in [3.8, 4) is 0 Å². The predicted octanol–water partition coefficient (Wildman–Crippen LogP) is 0.538. The highest BCUT2D eigenvalue weighted by atomic mass is 16.5. The zero-order valence-electron chi connectivity index (χ0n) is 8.72. The van der Waals surface area contributed by atoms with Gasteiger partial charge in [0.1, 0.15) is 6.34 Å². The van der Waals surface area contributed by atoms with E-state index in [4.69, 9.17) is 10.8 Å². The second-order valence-electron chi connectivity index (χ2n) is 3.52. The summed E-state index contributed by atoms with van der Waals surface area (Å²) < 4.78 is 0. The highest BCUT2D eigenvalue weighted by molar-refractivity contribution is 5.81. The number of nitrogens with zero attached hydrogens (tertiary/aromatic N) is 2. The number of rotatable bonds is 3. The first-order chi connectivity index (χ1) is 7.72. The van der Waals surface area contributed by atoms with Gasteiger partial charge >= 0.3 is 0 Å². The summed E-state index contributed by atoms with van der Waals surface area (Å²) in [6.07, 6.45) is 1.34. The van der Waals surface area contributed by atoms with Crippen LogP contribution in [0.2, 0.25) is 0 Å². The topological polar surface area (TPSA) is 94.1 Å². The second-order valence-corrected chi connectivity index (χ2v) is 3.52. The van der Waals surface area contributed by atoms with Crippen molar-refractivity contribution >= 4 is 23.4 Å². The molecule has 0 amide bonds. The Morgan fingerprint density at radius 1 is 1.50 bits per heavy atom. The lowest BCUT2D eigenvalue weighted by Crippen LogP contribution is -2.21. The molecule has 2 rings (SSSR count). The molecular formula is C10H14N4O2. The first kappa shape index (κ1) is 10.7. The normalized spacial score (nSPS) is 13.8. The van der Waals surface area contributed by atoms with E-state index >= 15 is 0 Å². The first-order valence-electron chi connectivity index (χ1n) is 4.98. The van der Waals surface area contributed by atoms with Crippen molar-refractivity contribution in [2.45, 2.75) is 6.54 Å². The molecule has 5 N–H and O–H groups in total. The number of nitrogens with one attached hydrogen (secondary N) is 1. The van der Waals surface area contributed by atoms with Crippen LogP contribution in [0.4, 0.5) is 17.1 Å². The van der Waals surface area contributed by atoms with Gasteiger partial charge in [-0.25, -0.2) is 10.1 Å². The van der Waals surface area contributed by atoms with E-state index in [0.29, 0.717) is 18.8 Å². The third-order valence-electron chi connectivity index (χ3n) is 2.39. The molecule has 6 heteroatoms. The molecule has 0 aromatic heterocycles. The molecular weight excluding hydrogens is 208 g/mol. The van der Waals surface area contributed by atoms with Gasteiger partial charge in [0.05, 0.1) is 24.5 Å². The minimum absolute atomic E-state index is 0.0506. The van der Waals surface area contributed by atoms with E-state index in [9.17, 15) is 5.21 Å². The minimum atomic E-state index is 0.0506. The van der Waals surface area contributed by atoms with Crippen molar-refractivity contribution in [1.82, 2.24) is 5.06 Å². The molecule has 86 valence electrons. The van der Waals surface area contributed by atoms with Crippen LogP contribution in [0.5, 0.6) is 0 Å². The molecule has 0 fully saturated rings. The van der Waals surface area contributed by atoms with E-state index in [0.717, 1.165) is 22.0 Å². The van der Waals surface area contributed by atoms with Crippen LogP contribution in [-0.2, 0) is 6.54 Å². The molecule has 1 aliphatic rings. The van der Waals surface area contributed by atoms with Crippen LogP contribution >= 0.6 is 0 Å². The van der Waals surface area contributed by atoms with E-state index in [2.05, 4.69) is 10.3 Å². The summed E-state index contributed by atoms with van der Waals surface area (Å²) in [7, 11) is 0. The fourth-order valence-electron chi connectivity index (χ4n) is 1.63. The molecule has 0 atom stereocenters. The minimum Gasteiger partial charge on any atom is -0.398 e. The van der Waals surface area contributed by atoms with Gasteiger partial charge in [-0.05, 0) is 12.1 Å². The van der Waals surface area contributed by atoms with Gasteiger partial charge in [-0.1, -0.05) is 0 Å². The molecule has 1 heterocycles. The number of nitrogen functional groups attached to an aromatic ring is 1. The van der Waals surface area contributed by atoms with Gasteiger partial charge in [0.15, 0.2) is 0 Å². The van der Waals surface area contributed by atoms with Crippen LogP contribution in [0.15, 0.2) is 17.1 Å². The zero-order valence-corrected chi connectivity index (χ0v) is 8.72. The molecule has 0 unspecified atom stereocenters. The largest absolute Gasteiger partial charge is 0.398 e. The predicted molar refractivity (Wildman–Crippen MR) is 61.9 cm³/mol. The number of nitrogens with two attached hydrogens (primary N) is 1. The molecule has 0 saturated heterocycles. The number of fused-ring (bicyclic) bond motifs is 1. The number of benzene rings is 1. The molecule has 1 aliphatic heterocycles. The van der Waals surface area contributed by atoms with Crippen LogP contribution in [-0.4, -0.2) is 34.9 Å². The van der Waals surface area contributed by atoms with E-state index in [1.54, 1.807) is 6.07 Å². The Morgan fingerprint density at radius 2 is 2.31 bits per heavy atom. The summed E-state index contributed by atoms with van der Waals surface area (Å²) in [5, 5.41) is 22.1. The molecule has 0 saturated carbocycles. The van der Waals surface area contributed by atoms with Crippen molar-refractivity contribution in [2.24, 2.45) is 4.99 Å². The molecule has 0 radical (unpaired) electrons. The standard InChI is InChI=1S/C10H14N4O2/c11-8-1-2-9(12-3-4-15)10-7(8)5-14(16)6-13-10/h1-2,6,12,15-16H,3-5,11H2. The van der Waals surface area contributed by atoms with Gasteiger partial charge in [0.25, 0.3) is 0 Å². The Morgan fingerprint density at radius 3 is 3.06 bits per heavy atom. The Kier molecular flexibility index (Phi) is 2.93. The van der Waals surface area contributed by atoms with Crippen LogP contribution < -0.4 is 11.1 Å². The monoisotopic (exact) mass is 222 g/mol.